The van der Waals surface area contributed by atoms with Crippen molar-refractivity contribution in [3.05, 3.63) is 23.2 Å². The Morgan fingerprint density at radius 1 is 1.53 bits per heavy atom. The lowest BCUT2D eigenvalue weighted by Gasteiger charge is -2.18. The molecule has 2 rings (SSSR count). The molecule has 0 spiro atoms. The third-order valence-corrected chi connectivity index (χ3v) is 5.68. The summed E-state index contributed by atoms with van der Waals surface area (Å²) in [5.41, 5.74) is 5.88. The smallest absolute Gasteiger partial charge is 0.243 e. The van der Waals surface area contributed by atoms with E-state index in [1.54, 1.807) is 6.92 Å². The van der Waals surface area contributed by atoms with E-state index in [-0.39, 0.29) is 16.5 Å². The van der Waals surface area contributed by atoms with Gasteiger partial charge in [-0.3, -0.25) is 0 Å². The van der Waals surface area contributed by atoms with Crippen molar-refractivity contribution in [3.8, 4) is 0 Å². The van der Waals surface area contributed by atoms with E-state index in [0.29, 0.717) is 24.5 Å². The summed E-state index contributed by atoms with van der Waals surface area (Å²) in [7, 11) is -3.56. The van der Waals surface area contributed by atoms with Crippen LogP contribution in [0, 0.1) is 5.92 Å². The maximum absolute atomic E-state index is 12.4. The van der Waals surface area contributed by atoms with Crippen LogP contribution in [0.3, 0.4) is 0 Å². The summed E-state index contributed by atoms with van der Waals surface area (Å²) in [6.07, 6.45) is 0.162. The number of benzene rings is 1. The molecule has 1 aromatic carbocycles. The highest BCUT2D eigenvalue weighted by molar-refractivity contribution is 7.89. The van der Waals surface area contributed by atoms with Crippen molar-refractivity contribution < 1.29 is 13.5 Å². The van der Waals surface area contributed by atoms with E-state index in [2.05, 4.69) is 0 Å². The molecule has 3 N–H and O–H groups in total. The molecule has 5 nitrogen and oxygen atoms in total. The second-order valence-corrected chi connectivity index (χ2v) is 7.18. The predicted octanol–water partition coefficient (Wildman–Crippen LogP) is 1.31. The van der Waals surface area contributed by atoms with E-state index in [1.165, 1.54) is 22.5 Å². The number of rotatable bonds is 3. The summed E-state index contributed by atoms with van der Waals surface area (Å²) >= 11 is 5.79. The van der Waals surface area contributed by atoms with Gasteiger partial charge in [-0.2, -0.15) is 4.31 Å². The molecule has 0 amide bonds. The normalized spacial score (nSPS) is 22.6. The van der Waals surface area contributed by atoms with Crippen LogP contribution in [0.2, 0.25) is 5.02 Å². The summed E-state index contributed by atoms with van der Waals surface area (Å²) in [6.45, 7) is 2.43. The second kappa shape index (κ2) is 5.28. The van der Waals surface area contributed by atoms with Crippen LogP contribution < -0.4 is 5.73 Å². The van der Waals surface area contributed by atoms with Gasteiger partial charge in [-0.25, -0.2) is 8.42 Å². The monoisotopic (exact) mass is 304 g/mol. The summed E-state index contributed by atoms with van der Waals surface area (Å²) < 4.78 is 26.2. The largest absolute Gasteiger partial charge is 0.397 e. The first-order valence-electron chi connectivity index (χ1n) is 6.05. The third-order valence-electron chi connectivity index (χ3n) is 3.47. The van der Waals surface area contributed by atoms with Crippen LogP contribution in [0.1, 0.15) is 13.3 Å². The van der Waals surface area contributed by atoms with Crippen LogP contribution in [0.15, 0.2) is 23.1 Å². The molecule has 2 unspecified atom stereocenters. The second-order valence-electron chi connectivity index (χ2n) is 4.84. The minimum Gasteiger partial charge on any atom is -0.397 e. The first kappa shape index (κ1) is 14.6. The SMILES string of the molecule is CC(O)C1CCN(S(=O)(=O)c2ccc(Cl)c(N)c2)C1. The maximum Gasteiger partial charge on any atom is 0.243 e. The molecular weight excluding hydrogens is 288 g/mol. The van der Waals surface area contributed by atoms with Gasteiger partial charge < -0.3 is 10.8 Å². The van der Waals surface area contributed by atoms with Crippen LogP contribution in [0.25, 0.3) is 0 Å². The van der Waals surface area contributed by atoms with Crippen LogP contribution in [-0.4, -0.2) is 37.0 Å². The number of sulfonamides is 1. The Bertz CT molecular complexity index is 574. The van der Waals surface area contributed by atoms with Crippen molar-refractivity contribution in [2.75, 3.05) is 18.8 Å². The lowest BCUT2D eigenvalue weighted by atomic mass is 10.0. The number of aliphatic hydroxyl groups is 1. The van der Waals surface area contributed by atoms with Gasteiger partial charge in [-0.1, -0.05) is 11.6 Å². The van der Waals surface area contributed by atoms with Gasteiger partial charge in [-0.15, -0.1) is 0 Å². The number of aliphatic hydroxyl groups excluding tert-OH is 1. The number of halogens is 1. The Morgan fingerprint density at radius 2 is 2.21 bits per heavy atom. The van der Waals surface area contributed by atoms with Crippen molar-refractivity contribution in [1.82, 2.24) is 4.31 Å². The Hall–Kier alpha value is -0.820. The minimum absolute atomic E-state index is 0.0144. The van der Waals surface area contributed by atoms with Crippen LogP contribution in [0.5, 0.6) is 0 Å². The van der Waals surface area contributed by atoms with Gasteiger partial charge in [0.15, 0.2) is 0 Å². The van der Waals surface area contributed by atoms with Gasteiger partial charge in [-0.05, 0) is 37.5 Å². The van der Waals surface area contributed by atoms with Crippen LogP contribution in [-0.2, 0) is 10.0 Å². The maximum atomic E-state index is 12.4. The molecule has 0 aliphatic carbocycles. The fraction of sp³-hybridized carbons (Fsp3) is 0.500. The molecule has 1 fully saturated rings. The number of hydrogen-bond acceptors (Lipinski definition) is 4. The van der Waals surface area contributed by atoms with Crippen LogP contribution >= 0.6 is 11.6 Å². The van der Waals surface area contributed by atoms with E-state index in [1.807, 2.05) is 0 Å². The van der Waals surface area contributed by atoms with Crippen molar-refractivity contribution in [2.24, 2.45) is 5.92 Å². The molecule has 1 heterocycles. The molecule has 2 atom stereocenters. The Kier molecular flexibility index (Phi) is 4.06. The van der Waals surface area contributed by atoms with Gasteiger partial charge in [0, 0.05) is 13.1 Å². The van der Waals surface area contributed by atoms with Gasteiger partial charge >= 0.3 is 0 Å². The average Bonchev–Trinajstić information content (AvgIpc) is 2.82. The third kappa shape index (κ3) is 2.86. The highest BCUT2D eigenvalue weighted by atomic mass is 35.5. The molecule has 1 aliphatic rings. The molecular formula is C12H17ClN2O3S. The lowest BCUT2D eigenvalue weighted by Crippen LogP contribution is -2.30. The number of nitrogen functional groups attached to an aromatic ring is 1. The molecule has 19 heavy (non-hydrogen) atoms. The highest BCUT2D eigenvalue weighted by Gasteiger charge is 2.34. The van der Waals surface area contributed by atoms with E-state index in [9.17, 15) is 13.5 Å². The van der Waals surface area contributed by atoms with E-state index in [0.717, 1.165) is 0 Å². The summed E-state index contributed by atoms with van der Waals surface area (Å²) in [5.74, 6) is -0.0144. The molecule has 1 aromatic rings. The number of nitrogens with two attached hydrogens (primary N) is 1. The van der Waals surface area contributed by atoms with Gasteiger partial charge in [0.1, 0.15) is 0 Å². The Labute approximate surface area is 118 Å². The number of anilines is 1. The summed E-state index contributed by atoms with van der Waals surface area (Å²) in [6, 6.07) is 4.29. The fourth-order valence-electron chi connectivity index (χ4n) is 2.20. The zero-order chi connectivity index (χ0) is 14.2. The molecule has 1 saturated heterocycles. The standard InChI is InChI=1S/C12H17ClN2O3S/c1-8(16)9-4-5-15(7-9)19(17,18)10-2-3-11(13)12(14)6-10/h2-3,6,8-9,16H,4-5,7,14H2,1H3. The topological polar surface area (TPSA) is 83.6 Å². The van der Waals surface area contributed by atoms with Crippen molar-refractivity contribution in [2.45, 2.75) is 24.3 Å². The van der Waals surface area contributed by atoms with Crippen molar-refractivity contribution in [3.63, 3.8) is 0 Å². The molecule has 7 heteroatoms. The van der Waals surface area contributed by atoms with E-state index < -0.39 is 16.1 Å². The zero-order valence-corrected chi connectivity index (χ0v) is 12.2. The van der Waals surface area contributed by atoms with Crippen LogP contribution in [0.4, 0.5) is 5.69 Å². The fourth-order valence-corrected chi connectivity index (χ4v) is 3.86. The lowest BCUT2D eigenvalue weighted by molar-refractivity contribution is 0.133. The van der Waals surface area contributed by atoms with Gasteiger partial charge in [0.2, 0.25) is 10.0 Å². The van der Waals surface area contributed by atoms with Gasteiger partial charge in [0.05, 0.1) is 21.7 Å². The van der Waals surface area contributed by atoms with E-state index in [4.69, 9.17) is 17.3 Å². The highest BCUT2D eigenvalue weighted by Crippen LogP contribution is 2.28. The summed E-state index contributed by atoms with van der Waals surface area (Å²) in [4.78, 5) is 0.139. The average molecular weight is 305 g/mol. The Morgan fingerprint density at radius 3 is 2.74 bits per heavy atom. The van der Waals surface area contributed by atoms with Crippen molar-refractivity contribution in [1.29, 1.82) is 0 Å². The zero-order valence-electron chi connectivity index (χ0n) is 10.6. The predicted molar refractivity (Wildman–Crippen MR) is 74.4 cm³/mol. The van der Waals surface area contributed by atoms with Crippen molar-refractivity contribution >= 4 is 27.3 Å². The molecule has 0 aromatic heterocycles. The number of nitrogens with zero attached hydrogens (tertiary/aromatic N) is 1. The Balaban J connectivity index is 2.26. The van der Waals surface area contributed by atoms with Gasteiger partial charge in [0.25, 0.3) is 0 Å². The first-order valence-corrected chi connectivity index (χ1v) is 7.87. The molecule has 1 aliphatic heterocycles. The first-order chi connectivity index (χ1) is 8.82. The van der Waals surface area contributed by atoms with E-state index >= 15 is 0 Å². The molecule has 106 valence electrons. The number of hydrogen-bond donors (Lipinski definition) is 2. The molecule has 0 bridgehead atoms. The quantitative estimate of drug-likeness (QED) is 0.825. The molecule has 0 saturated carbocycles. The summed E-state index contributed by atoms with van der Waals surface area (Å²) in [5, 5.41) is 9.86. The molecule has 0 radical (unpaired) electrons. The minimum atomic E-state index is -3.56.